The number of ether oxygens (including phenoxy) is 2. The van der Waals surface area contributed by atoms with Crippen molar-refractivity contribution in [1.82, 2.24) is 5.32 Å². The van der Waals surface area contributed by atoms with E-state index in [1.807, 2.05) is 6.08 Å². The number of aliphatic hydroxyl groups is 5. The average Bonchev–Trinajstić information content (AvgIpc) is 3.20. The molecular weight excluding hydrogens is 707 g/mol. The first-order valence-electron chi connectivity index (χ1n) is 22.9. The van der Waals surface area contributed by atoms with Gasteiger partial charge in [0.15, 0.2) is 6.29 Å². The fourth-order valence-corrected chi connectivity index (χ4v) is 6.93. The molecule has 0 aromatic heterocycles. The third-order valence-electron chi connectivity index (χ3n) is 10.6. The summed E-state index contributed by atoms with van der Waals surface area (Å²) in [5.74, 6) is -0.192. The minimum absolute atomic E-state index is 0.192. The molecule has 1 aliphatic heterocycles. The van der Waals surface area contributed by atoms with Crippen molar-refractivity contribution in [3.8, 4) is 0 Å². The van der Waals surface area contributed by atoms with Crippen molar-refractivity contribution in [2.24, 2.45) is 0 Å². The highest BCUT2D eigenvalue weighted by atomic mass is 16.7. The molecule has 1 aliphatic rings. The normalized spacial score (nSPS) is 21.6. The van der Waals surface area contributed by atoms with Gasteiger partial charge in [0.2, 0.25) is 5.91 Å². The van der Waals surface area contributed by atoms with Crippen LogP contribution in [0, 0.1) is 0 Å². The van der Waals surface area contributed by atoms with Crippen molar-refractivity contribution in [3.05, 3.63) is 48.6 Å². The number of allylic oxidation sites excluding steroid dienone is 7. The molecule has 56 heavy (non-hydrogen) atoms. The van der Waals surface area contributed by atoms with Gasteiger partial charge in [-0.1, -0.05) is 172 Å². The van der Waals surface area contributed by atoms with E-state index in [1.54, 1.807) is 6.08 Å². The van der Waals surface area contributed by atoms with Crippen LogP contribution in [0.3, 0.4) is 0 Å². The van der Waals surface area contributed by atoms with Crippen LogP contribution in [0.15, 0.2) is 48.6 Å². The van der Waals surface area contributed by atoms with Crippen LogP contribution in [0.4, 0.5) is 0 Å². The van der Waals surface area contributed by atoms with Gasteiger partial charge < -0.3 is 40.3 Å². The van der Waals surface area contributed by atoms with Gasteiger partial charge in [0.1, 0.15) is 24.4 Å². The van der Waals surface area contributed by atoms with Gasteiger partial charge in [0, 0.05) is 6.42 Å². The van der Waals surface area contributed by atoms with E-state index in [-0.39, 0.29) is 12.5 Å². The van der Waals surface area contributed by atoms with Crippen LogP contribution in [0.1, 0.15) is 187 Å². The zero-order chi connectivity index (χ0) is 40.9. The van der Waals surface area contributed by atoms with Gasteiger partial charge in [-0.3, -0.25) is 4.79 Å². The van der Waals surface area contributed by atoms with Gasteiger partial charge in [0.25, 0.3) is 0 Å². The highest BCUT2D eigenvalue weighted by Gasteiger charge is 2.44. The number of nitrogens with one attached hydrogen (secondary N) is 1. The Kier molecular flexibility index (Phi) is 34.9. The van der Waals surface area contributed by atoms with Crippen LogP contribution in [0.2, 0.25) is 0 Å². The fourth-order valence-electron chi connectivity index (χ4n) is 6.93. The molecular formula is C47H85NO8. The molecule has 326 valence electrons. The molecule has 1 heterocycles. The van der Waals surface area contributed by atoms with Crippen molar-refractivity contribution in [3.63, 3.8) is 0 Å². The van der Waals surface area contributed by atoms with E-state index in [0.717, 1.165) is 64.2 Å². The fraction of sp³-hybridized carbons (Fsp3) is 0.809. The zero-order valence-corrected chi connectivity index (χ0v) is 35.6. The van der Waals surface area contributed by atoms with Crippen molar-refractivity contribution in [1.29, 1.82) is 0 Å². The predicted molar refractivity (Wildman–Crippen MR) is 230 cm³/mol. The monoisotopic (exact) mass is 792 g/mol. The van der Waals surface area contributed by atoms with Gasteiger partial charge in [-0.15, -0.1) is 0 Å². The average molecular weight is 792 g/mol. The van der Waals surface area contributed by atoms with Crippen LogP contribution in [0.25, 0.3) is 0 Å². The summed E-state index contributed by atoms with van der Waals surface area (Å²) < 4.78 is 11.2. The molecule has 0 aromatic carbocycles. The molecule has 7 atom stereocenters. The number of unbranched alkanes of at least 4 members (excludes halogenated alkanes) is 21. The first kappa shape index (κ1) is 52.2. The molecule has 9 heteroatoms. The highest BCUT2D eigenvalue weighted by Crippen LogP contribution is 2.22. The van der Waals surface area contributed by atoms with Crippen molar-refractivity contribution in [2.45, 2.75) is 230 Å². The van der Waals surface area contributed by atoms with Gasteiger partial charge in [-0.05, 0) is 57.8 Å². The van der Waals surface area contributed by atoms with Gasteiger partial charge in [-0.25, -0.2) is 0 Å². The standard InChI is InChI=1S/C47H85NO8/c1-3-5-7-9-11-13-15-17-19-20-21-22-23-25-27-29-31-33-35-37-43(51)48-40(39-55-47-46(54)45(53)44(52)42(38-49)56-47)41(50)36-34-32-30-28-26-24-18-16-14-12-10-8-6-4-2/h11,13,17,19,21-22,34,36,40-42,44-47,49-50,52-54H,3-10,12,14-16,18,20,23-33,35,37-39H2,1-2H3,(H,48,51)/b13-11-,19-17-,22-21-,36-34+. The first-order valence-corrected chi connectivity index (χ1v) is 22.9. The second-order valence-corrected chi connectivity index (χ2v) is 15.8. The first-order chi connectivity index (χ1) is 27.3. The van der Waals surface area contributed by atoms with E-state index in [0.29, 0.717) is 6.42 Å². The Morgan fingerprint density at radius 3 is 1.59 bits per heavy atom. The van der Waals surface area contributed by atoms with E-state index in [2.05, 4.69) is 55.6 Å². The van der Waals surface area contributed by atoms with Gasteiger partial charge >= 0.3 is 0 Å². The molecule has 9 nitrogen and oxygen atoms in total. The lowest BCUT2D eigenvalue weighted by atomic mass is 9.99. The third kappa shape index (κ3) is 27.7. The third-order valence-corrected chi connectivity index (χ3v) is 10.6. The SMILES string of the molecule is CCCCC/C=C\C/C=C\C/C=C\CCCCCCCCC(=O)NC(COC1OC(CO)C(O)C(O)C1O)C(O)/C=C/CCCCCCCCCCCCCC. The number of hydrogen-bond acceptors (Lipinski definition) is 8. The lowest BCUT2D eigenvalue weighted by Gasteiger charge is -2.40. The maximum Gasteiger partial charge on any atom is 0.220 e. The summed E-state index contributed by atoms with van der Waals surface area (Å²) in [7, 11) is 0. The number of carbonyl (C=O) groups is 1. The van der Waals surface area contributed by atoms with Crippen molar-refractivity contribution < 1.29 is 39.8 Å². The molecule has 0 saturated carbocycles. The lowest BCUT2D eigenvalue weighted by Crippen LogP contribution is -2.60. The minimum atomic E-state index is -1.57. The largest absolute Gasteiger partial charge is 0.394 e. The van der Waals surface area contributed by atoms with E-state index < -0.39 is 49.5 Å². The summed E-state index contributed by atoms with van der Waals surface area (Å²) in [6.07, 6.45) is 40.0. The molecule has 6 N–H and O–H groups in total. The quantitative estimate of drug-likeness (QED) is 0.0269. The van der Waals surface area contributed by atoms with Crippen molar-refractivity contribution in [2.75, 3.05) is 13.2 Å². The van der Waals surface area contributed by atoms with Crippen LogP contribution in [-0.2, 0) is 14.3 Å². The lowest BCUT2D eigenvalue weighted by molar-refractivity contribution is -0.302. The Hall–Kier alpha value is -1.85. The molecule has 1 rings (SSSR count). The summed E-state index contributed by atoms with van der Waals surface area (Å²) in [5, 5.41) is 54.1. The second-order valence-electron chi connectivity index (χ2n) is 15.8. The van der Waals surface area contributed by atoms with Crippen LogP contribution in [-0.4, -0.2) is 87.5 Å². The summed E-state index contributed by atoms with van der Waals surface area (Å²) in [6, 6.07) is -0.811. The molecule has 0 bridgehead atoms. The molecule has 0 radical (unpaired) electrons. The van der Waals surface area contributed by atoms with Gasteiger partial charge in [-0.2, -0.15) is 0 Å². The molecule has 0 aliphatic carbocycles. The summed E-state index contributed by atoms with van der Waals surface area (Å²) in [4.78, 5) is 12.9. The van der Waals surface area contributed by atoms with E-state index >= 15 is 0 Å². The van der Waals surface area contributed by atoms with E-state index in [4.69, 9.17) is 9.47 Å². The maximum atomic E-state index is 12.9. The minimum Gasteiger partial charge on any atom is -0.394 e. The summed E-state index contributed by atoms with van der Waals surface area (Å²) >= 11 is 0. The zero-order valence-electron chi connectivity index (χ0n) is 35.6. The maximum absolute atomic E-state index is 12.9. The molecule has 1 fully saturated rings. The van der Waals surface area contributed by atoms with E-state index in [1.165, 1.54) is 103 Å². The van der Waals surface area contributed by atoms with Crippen LogP contribution in [0.5, 0.6) is 0 Å². The molecule has 7 unspecified atom stereocenters. The van der Waals surface area contributed by atoms with Crippen LogP contribution >= 0.6 is 0 Å². The van der Waals surface area contributed by atoms with E-state index in [9.17, 15) is 30.3 Å². The van der Waals surface area contributed by atoms with Crippen molar-refractivity contribution >= 4 is 5.91 Å². The number of rotatable bonds is 37. The Labute approximate surface area is 342 Å². The van der Waals surface area contributed by atoms with Gasteiger partial charge in [0.05, 0.1) is 25.4 Å². The molecule has 1 saturated heterocycles. The second kappa shape index (κ2) is 37.4. The number of hydrogen-bond donors (Lipinski definition) is 6. The highest BCUT2D eigenvalue weighted by molar-refractivity contribution is 5.76. The predicted octanol–water partition coefficient (Wildman–Crippen LogP) is 9.45. The molecule has 0 aromatic rings. The number of amides is 1. The Bertz CT molecular complexity index is 1010. The Morgan fingerprint density at radius 1 is 0.607 bits per heavy atom. The Morgan fingerprint density at radius 2 is 1.05 bits per heavy atom. The topological polar surface area (TPSA) is 149 Å². The number of aliphatic hydroxyl groups excluding tert-OH is 5. The molecule has 0 spiro atoms. The summed E-state index contributed by atoms with van der Waals surface area (Å²) in [5.41, 5.74) is 0. The Balaban J connectivity index is 2.37. The van der Waals surface area contributed by atoms with Crippen LogP contribution < -0.4 is 5.32 Å². The smallest absolute Gasteiger partial charge is 0.220 e. The molecule has 1 amide bonds. The summed E-state index contributed by atoms with van der Waals surface area (Å²) in [6.45, 7) is 3.72. The number of carbonyl (C=O) groups excluding carboxylic acids is 1.